The van der Waals surface area contributed by atoms with Crippen molar-refractivity contribution in [2.75, 3.05) is 0 Å². The highest BCUT2D eigenvalue weighted by atomic mass is 15.4. The van der Waals surface area contributed by atoms with Crippen molar-refractivity contribution in [2.24, 2.45) is 0 Å². The van der Waals surface area contributed by atoms with Gasteiger partial charge in [-0.1, -0.05) is 0 Å². The first kappa shape index (κ1) is 6.36. The molecule has 0 aromatic heterocycles. The lowest BCUT2D eigenvalue weighted by molar-refractivity contribution is 0.354. The van der Waals surface area contributed by atoms with E-state index < -0.39 is 0 Å². The minimum Gasteiger partial charge on any atom is -0.358 e. The molecule has 0 aromatic rings. The van der Waals surface area contributed by atoms with Crippen LogP contribution in [0.3, 0.4) is 0 Å². The standard InChI is InChI=1S/C6H11N5/c1-2-8-5(7-1)11-6-9-3-4-10-6/h1-11H. The molecule has 5 N–H and O–H groups in total. The van der Waals surface area contributed by atoms with Crippen LogP contribution in [0.25, 0.3) is 0 Å². The summed E-state index contributed by atoms with van der Waals surface area (Å²) >= 11 is 0. The molecule has 11 heavy (non-hydrogen) atoms. The summed E-state index contributed by atoms with van der Waals surface area (Å²) in [6.07, 6.45) is 7.67. The van der Waals surface area contributed by atoms with Crippen LogP contribution in [0.1, 0.15) is 0 Å². The first-order valence-corrected chi connectivity index (χ1v) is 3.55. The average Bonchev–Trinajstić information content (AvgIpc) is 2.60. The van der Waals surface area contributed by atoms with Crippen molar-refractivity contribution in [1.29, 1.82) is 0 Å². The maximum atomic E-state index is 3.21. The summed E-state index contributed by atoms with van der Waals surface area (Å²) in [4.78, 5) is 0. The largest absolute Gasteiger partial charge is 0.358 e. The Labute approximate surface area is 64.9 Å². The Morgan fingerprint density at radius 3 is 1.45 bits per heavy atom. The molecule has 0 saturated carbocycles. The van der Waals surface area contributed by atoms with Crippen molar-refractivity contribution in [3.63, 3.8) is 0 Å². The van der Waals surface area contributed by atoms with Gasteiger partial charge in [-0.2, -0.15) is 0 Å². The molecular weight excluding hydrogens is 142 g/mol. The maximum absolute atomic E-state index is 3.21. The summed E-state index contributed by atoms with van der Waals surface area (Å²) < 4.78 is 0. The van der Waals surface area contributed by atoms with E-state index in [1.54, 1.807) is 0 Å². The number of nitrogens with one attached hydrogen (secondary N) is 5. The molecule has 60 valence electrons. The van der Waals surface area contributed by atoms with Crippen molar-refractivity contribution < 1.29 is 0 Å². The molecule has 0 fully saturated rings. The minimum atomic E-state index is 0.111. The van der Waals surface area contributed by atoms with Gasteiger partial charge < -0.3 is 21.3 Å². The Kier molecular flexibility index (Phi) is 1.57. The van der Waals surface area contributed by atoms with Crippen molar-refractivity contribution >= 4 is 0 Å². The number of rotatable bonds is 2. The van der Waals surface area contributed by atoms with E-state index in [9.17, 15) is 0 Å². The van der Waals surface area contributed by atoms with Gasteiger partial charge in [0.05, 0.1) is 0 Å². The molecule has 0 spiro atoms. The van der Waals surface area contributed by atoms with Crippen LogP contribution < -0.4 is 26.6 Å². The van der Waals surface area contributed by atoms with E-state index in [1.807, 2.05) is 24.8 Å². The third kappa shape index (κ3) is 1.38. The smallest absolute Gasteiger partial charge is 0.155 e. The van der Waals surface area contributed by atoms with E-state index in [4.69, 9.17) is 0 Å². The van der Waals surface area contributed by atoms with Gasteiger partial charge in [-0.15, -0.1) is 0 Å². The van der Waals surface area contributed by atoms with Crippen molar-refractivity contribution in [2.45, 2.75) is 12.6 Å². The number of hydrogen-bond donors (Lipinski definition) is 5. The fraction of sp³-hybridized carbons (Fsp3) is 0.333. The second-order valence-corrected chi connectivity index (χ2v) is 2.37. The highest BCUT2D eigenvalue weighted by molar-refractivity contribution is 4.94. The lowest BCUT2D eigenvalue weighted by Crippen LogP contribution is -2.56. The van der Waals surface area contributed by atoms with Gasteiger partial charge in [-0.3, -0.25) is 0 Å². The lowest BCUT2D eigenvalue weighted by atomic mass is 10.7. The summed E-state index contributed by atoms with van der Waals surface area (Å²) in [6, 6.07) is 0. The van der Waals surface area contributed by atoms with Crippen LogP contribution in [0.5, 0.6) is 0 Å². The molecule has 0 bridgehead atoms. The highest BCUT2D eigenvalue weighted by Crippen LogP contribution is 1.86. The van der Waals surface area contributed by atoms with Gasteiger partial charge in [-0.25, -0.2) is 5.32 Å². The normalized spacial score (nSPS) is 22.5. The molecule has 0 amide bonds. The third-order valence-corrected chi connectivity index (χ3v) is 1.55. The quantitative estimate of drug-likeness (QED) is 0.333. The summed E-state index contributed by atoms with van der Waals surface area (Å²) in [5.74, 6) is 0. The molecule has 5 heteroatoms. The van der Waals surface area contributed by atoms with Crippen molar-refractivity contribution in [1.82, 2.24) is 26.6 Å². The monoisotopic (exact) mass is 153 g/mol. The molecule has 0 aromatic carbocycles. The van der Waals surface area contributed by atoms with E-state index in [0.29, 0.717) is 0 Å². The van der Waals surface area contributed by atoms with Gasteiger partial charge in [0.25, 0.3) is 0 Å². The van der Waals surface area contributed by atoms with Crippen LogP contribution in [0.2, 0.25) is 0 Å². The zero-order valence-electron chi connectivity index (χ0n) is 5.96. The minimum absolute atomic E-state index is 0.111. The number of hydrogen-bond acceptors (Lipinski definition) is 5. The lowest BCUT2D eigenvalue weighted by Gasteiger charge is -2.20. The van der Waals surface area contributed by atoms with Gasteiger partial charge in [0, 0.05) is 24.8 Å². The fourth-order valence-electron chi connectivity index (χ4n) is 1.03. The van der Waals surface area contributed by atoms with Crippen LogP contribution >= 0.6 is 0 Å². The zero-order chi connectivity index (χ0) is 7.52. The molecular formula is C6H11N5. The van der Waals surface area contributed by atoms with Crippen LogP contribution in [0, 0.1) is 0 Å². The van der Waals surface area contributed by atoms with E-state index in [1.165, 1.54) is 0 Å². The molecule has 2 aliphatic heterocycles. The molecule has 2 rings (SSSR count). The highest BCUT2D eigenvalue weighted by Gasteiger charge is 2.13. The molecule has 0 aliphatic carbocycles. The topological polar surface area (TPSA) is 60.1 Å². The molecule has 0 atom stereocenters. The second kappa shape index (κ2) is 2.71. The van der Waals surface area contributed by atoms with Crippen LogP contribution in [0.15, 0.2) is 24.8 Å². The Morgan fingerprint density at radius 1 is 0.727 bits per heavy atom. The first-order chi connectivity index (χ1) is 5.45. The van der Waals surface area contributed by atoms with Crippen LogP contribution in [-0.2, 0) is 0 Å². The molecule has 0 unspecified atom stereocenters. The third-order valence-electron chi connectivity index (χ3n) is 1.55. The zero-order valence-corrected chi connectivity index (χ0v) is 5.96. The summed E-state index contributed by atoms with van der Waals surface area (Å²) in [6.45, 7) is 0. The van der Waals surface area contributed by atoms with Crippen molar-refractivity contribution in [3.8, 4) is 0 Å². The Bertz CT molecular complexity index is 151. The summed E-state index contributed by atoms with van der Waals surface area (Å²) in [5.41, 5.74) is 0. The van der Waals surface area contributed by atoms with Gasteiger partial charge in [0.15, 0.2) is 12.6 Å². The van der Waals surface area contributed by atoms with Gasteiger partial charge in [-0.05, 0) is 0 Å². The Hall–Kier alpha value is -1.36. The van der Waals surface area contributed by atoms with Crippen LogP contribution in [0.4, 0.5) is 0 Å². The SMILES string of the molecule is C1=CNC(NC2NC=CN2)N1. The predicted octanol–water partition coefficient (Wildman–Crippen LogP) is -1.53. The maximum Gasteiger partial charge on any atom is 0.155 e. The van der Waals surface area contributed by atoms with Gasteiger partial charge in [0.1, 0.15) is 0 Å². The molecule has 0 radical (unpaired) electrons. The van der Waals surface area contributed by atoms with E-state index in [2.05, 4.69) is 26.6 Å². The van der Waals surface area contributed by atoms with Crippen LogP contribution in [-0.4, -0.2) is 12.6 Å². The Balaban J connectivity index is 1.73. The summed E-state index contributed by atoms with van der Waals surface area (Å²) in [5, 5.41) is 15.5. The second-order valence-electron chi connectivity index (χ2n) is 2.37. The summed E-state index contributed by atoms with van der Waals surface area (Å²) in [7, 11) is 0. The van der Waals surface area contributed by atoms with Gasteiger partial charge in [0.2, 0.25) is 0 Å². The molecule has 2 heterocycles. The van der Waals surface area contributed by atoms with E-state index in [0.717, 1.165) is 0 Å². The average molecular weight is 153 g/mol. The van der Waals surface area contributed by atoms with E-state index in [-0.39, 0.29) is 12.6 Å². The van der Waals surface area contributed by atoms with Crippen molar-refractivity contribution in [3.05, 3.63) is 24.8 Å². The van der Waals surface area contributed by atoms with Gasteiger partial charge >= 0.3 is 0 Å². The molecule has 0 saturated heterocycles. The fourth-order valence-corrected chi connectivity index (χ4v) is 1.03. The predicted molar refractivity (Wildman–Crippen MR) is 41.5 cm³/mol. The molecule has 2 aliphatic rings. The van der Waals surface area contributed by atoms with E-state index >= 15 is 0 Å². The molecule has 5 nitrogen and oxygen atoms in total. The Morgan fingerprint density at radius 2 is 1.09 bits per heavy atom. The first-order valence-electron chi connectivity index (χ1n) is 3.55.